The standard InChI is InChI=1S/C10H11NO2/c1-3-10(11(12)13)9-7-5-4-6-8(9)2/h3-7H,1-2H3/b10-3+. The van der Waals surface area contributed by atoms with Gasteiger partial charge in [0.1, 0.15) is 0 Å². The van der Waals surface area contributed by atoms with Crippen LogP contribution in [0.3, 0.4) is 0 Å². The first kappa shape index (κ1) is 9.45. The van der Waals surface area contributed by atoms with Crippen molar-refractivity contribution in [2.75, 3.05) is 0 Å². The van der Waals surface area contributed by atoms with Crippen LogP contribution in [-0.2, 0) is 0 Å². The van der Waals surface area contributed by atoms with Crippen LogP contribution in [0.1, 0.15) is 18.1 Å². The highest BCUT2D eigenvalue weighted by molar-refractivity contribution is 5.61. The summed E-state index contributed by atoms with van der Waals surface area (Å²) in [6, 6.07) is 7.29. The van der Waals surface area contributed by atoms with Gasteiger partial charge in [-0.25, -0.2) is 0 Å². The second kappa shape index (κ2) is 3.85. The van der Waals surface area contributed by atoms with Crippen LogP contribution in [0.4, 0.5) is 0 Å². The second-order valence-corrected chi connectivity index (χ2v) is 2.75. The molecule has 0 spiro atoms. The van der Waals surface area contributed by atoms with Gasteiger partial charge in [-0.05, 0) is 31.6 Å². The zero-order valence-electron chi connectivity index (χ0n) is 7.65. The molecule has 3 heteroatoms. The normalized spacial score (nSPS) is 11.4. The minimum absolute atomic E-state index is 0.165. The fourth-order valence-electron chi connectivity index (χ4n) is 1.22. The highest BCUT2D eigenvalue weighted by Crippen LogP contribution is 2.18. The van der Waals surface area contributed by atoms with Crippen molar-refractivity contribution in [1.82, 2.24) is 0 Å². The molecule has 0 aliphatic heterocycles. The van der Waals surface area contributed by atoms with E-state index < -0.39 is 0 Å². The lowest BCUT2D eigenvalue weighted by molar-refractivity contribution is -0.375. The highest BCUT2D eigenvalue weighted by Gasteiger charge is 2.13. The average Bonchev–Trinajstić information content (AvgIpc) is 2.09. The smallest absolute Gasteiger partial charge is 0.258 e. The van der Waals surface area contributed by atoms with Crippen molar-refractivity contribution < 1.29 is 4.92 Å². The van der Waals surface area contributed by atoms with Crippen molar-refractivity contribution in [1.29, 1.82) is 0 Å². The van der Waals surface area contributed by atoms with Crippen LogP contribution in [0.2, 0.25) is 0 Å². The Bertz CT molecular complexity index is 356. The summed E-state index contributed by atoms with van der Waals surface area (Å²) >= 11 is 0. The Morgan fingerprint density at radius 3 is 2.54 bits per heavy atom. The Labute approximate surface area is 76.9 Å². The number of benzene rings is 1. The van der Waals surface area contributed by atoms with Gasteiger partial charge in [0, 0.05) is 0 Å². The number of hydrogen-bond donors (Lipinski definition) is 0. The molecule has 1 aromatic rings. The number of nitro groups is 1. The van der Waals surface area contributed by atoms with Crippen LogP contribution in [0.25, 0.3) is 5.70 Å². The van der Waals surface area contributed by atoms with Gasteiger partial charge in [-0.2, -0.15) is 0 Å². The van der Waals surface area contributed by atoms with Gasteiger partial charge in [0.2, 0.25) is 0 Å². The third-order valence-corrected chi connectivity index (χ3v) is 1.89. The summed E-state index contributed by atoms with van der Waals surface area (Å²) < 4.78 is 0. The van der Waals surface area contributed by atoms with Crippen molar-refractivity contribution in [3.05, 3.63) is 51.6 Å². The summed E-state index contributed by atoms with van der Waals surface area (Å²) in [4.78, 5) is 10.3. The Morgan fingerprint density at radius 1 is 1.46 bits per heavy atom. The van der Waals surface area contributed by atoms with Crippen molar-refractivity contribution in [2.24, 2.45) is 0 Å². The monoisotopic (exact) mass is 177 g/mol. The maximum absolute atomic E-state index is 10.6. The van der Waals surface area contributed by atoms with Crippen LogP contribution >= 0.6 is 0 Å². The molecule has 1 aromatic carbocycles. The minimum atomic E-state index is -0.359. The molecule has 0 saturated heterocycles. The van der Waals surface area contributed by atoms with Gasteiger partial charge in [-0.1, -0.05) is 18.2 Å². The van der Waals surface area contributed by atoms with E-state index in [9.17, 15) is 10.1 Å². The van der Waals surface area contributed by atoms with Crippen LogP contribution < -0.4 is 0 Å². The van der Waals surface area contributed by atoms with Gasteiger partial charge in [-0.15, -0.1) is 0 Å². The molecule has 0 bridgehead atoms. The first-order valence-electron chi connectivity index (χ1n) is 4.03. The molecule has 0 amide bonds. The van der Waals surface area contributed by atoms with Crippen molar-refractivity contribution >= 4 is 5.70 Å². The molecule has 0 aromatic heterocycles. The molecule has 68 valence electrons. The van der Waals surface area contributed by atoms with Crippen LogP contribution in [0.5, 0.6) is 0 Å². The van der Waals surface area contributed by atoms with E-state index in [1.54, 1.807) is 19.1 Å². The molecule has 3 nitrogen and oxygen atoms in total. The summed E-state index contributed by atoms with van der Waals surface area (Å²) in [5.74, 6) is 0. The fraction of sp³-hybridized carbons (Fsp3) is 0.200. The number of allylic oxidation sites excluding steroid dienone is 1. The quantitative estimate of drug-likeness (QED) is 0.514. The Morgan fingerprint density at radius 2 is 2.08 bits per heavy atom. The van der Waals surface area contributed by atoms with Crippen LogP contribution in [0.15, 0.2) is 30.3 Å². The van der Waals surface area contributed by atoms with Crippen LogP contribution in [-0.4, -0.2) is 4.92 Å². The molecule has 1 rings (SSSR count). The number of rotatable bonds is 2. The SMILES string of the molecule is C/C=C(\c1ccccc1C)[N+](=O)[O-]. The third-order valence-electron chi connectivity index (χ3n) is 1.89. The van der Waals surface area contributed by atoms with Gasteiger partial charge < -0.3 is 0 Å². The lowest BCUT2D eigenvalue weighted by Gasteiger charge is -2.01. The van der Waals surface area contributed by atoms with E-state index in [1.165, 1.54) is 6.08 Å². The molecule has 0 fully saturated rings. The predicted molar refractivity (Wildman–Crippen MR) is 51.8 cm³/mol. The summed E-state index contributed by atoms with van der Waals surface area (Å²) in [5, 5.41) is 10.6. The molecule has 0 saturated carbocycles. The Kier molecular flexibility index (Phi) is 2.80. The molecule has 0 N–H and O–H groups in total. The van der Waals surface area contributed by atoms with E-state index >= 15 is 0 Å². The fourth-order valence-corrected chi connectivity index (χ4v) is 1.22. The lowest BCUT2D eigenvalue weighted by atomic mass is 10.1. The summed E-state index contributed by atoms with van der Waals surface area (Å²) in [6.07, 6.45) is 1.52. The van der Waals surface area contributed by atoms with Gasteiger partial charge in [0.05, 0.1) is 10.5 Å². The summed E-state index contributed by atoms with van der Waals surface area (Å²) in [7, 11) is 0. The minimum Gasteiger partial charge on any atom is -0.258 e. The molecule has 0 unspecified atom stereocenters. The zero-order valence-corrected chi connectivity index (χ0v) is 7.65. The van der Waals surface area contributed by atoms with E-state index in [4.69, 9.17) is 0 Å². The van der Waals surface area contributed by atoms with Crippen molar-refractivity contribution in [3.8, 4) is 0 Å². The largest absolute Gasteiger partial charge is 0.272 e. The van der Waals surface area contributed by atoms with Gasteiger partial charge in [0.15, 0.2) is 0 Å². The molecular formula is C10H11NO2. The molecule has 0 aliphatic carbocycles. The van der Waals surface area contributed by atoms with E-state index in [0.29, 0.717) is 5.56 Å². The van der Waals surface area contributed by atoms with E-state index in [2.05, 4.69) is 0 Å². The van der Waals surface area contributed by atoms with Gasteiger partial charge >= 0.3 is 0 Å². The Balaban J connectivity index is 3.21. The van der Waals surface area contributed by atoms with Gasteiger partial charge in [-0.3, -0.25) is 10.1 Å². The average molecular weight is 177 g/mol. The topological polar surface area (TPSA) is 43.1 Å². The first-order valence-corrected chi connectivity index (χ1v) is 4.03. The maximum atomic E-state index is 10.6. The lowest BCUT2D eigenvalue weighted by Crippen LogP contribution is -1.99. The molecule has 0 radical (unpaired) electrons. The molecule has 0 heterocycles. The number of nitrogens with zero attached hydrogens (tertiary/aromatic N) is 1. The molecule has 0 atom stereocenters. The van der Waals surface area contributed by atoms with E-state index in [-0.39, 0.29) is 10.6 Å². The predicted octanol–water partition coefficient (Wildman–Crippen LogP) is 2.63. The van der Waals surface area contributed by atoms with E-state index in [1.807, 2.05) is 19.1 Å². The van der Waals surface area contributed by atoms with Gasteiger partial charge in [0.25, 0.3) is 5.70 Å². The zero-order chi connectivity index (χ0) is 9.84. The summed E-state index contributed by atoms with van der Waals surface area (Å²) in [5.41, 5.74) is 1.78. The maximum Gasteiger partial charge on any atom is 0.272 e. The van der Waals surface area contributed by atoms with Crippen molar-refractivity contribution in [2.45, 2.75) is 13.8 Å². The Hall–Kier alpha value is -1.64. The van der Waals surface area contributed by atoms with E-state index in [0.717, 1.165) is 5.56 Å². The highest BCUT2D eigenvalue weighted by atomic mass is 16.6. The molecule has 13 heavy (non-hydrogen) atoms. The first-order chi connectivity index (χ1) is 6.16. The molecule has 0 aliphatic rings. The number of aryl methyl sites for hydroxylation is 1. The number of hydrogen-bond acceptors (Lipinski definition) is 2. The second-order valence-electron chi connectivity index (χ2n) is 2.75. The third kappa shape index (κ3) is 1.93. The van der Waals surface area contributed by atoms with Crippen molar-refractivity contribution in [3.63, 3.8) is 0 Å². The molecular weight excluding hydrogens is 166 g/mol. The summed E-state index contributed by atoms with van der Waals surface area (Å²) in [6.45, 7) is 3.53. The van der Waals surface area contributed by atoms with Crippen LogP contribution in [0, 0.1) is 17.0 Å².